The lowest BCUT2D eigenvalue weighted by Crippen LogP contribution is -2.32. The SMILES string of the molecule is Cc1cc(C)nc(SCC(=O)N(Cc2ccccc2)c2nc(-c3ccccc3)cs2)n1. The van der Waals surface area contributed by atoms with E-state index in [9.17, 15) is 4.79 Å². The van der Waals surface area contributed by atoms with E-state index in [1.165, 1.54) is 23.1 Å². The van der Waals surface area contributed by atoms with E-state index < -0.39 is 0 Å². The lowest BCUT2D eigenvalue weighted by atomic mass is 10.2. The maximum Gasteiger partial charge on any atom is 0.239 e. The first-order valence-corrected chi connectivity index (χ1v) is 11.8. The average molecular weight is 447 g/mol. The topological polar surface area (TPSA) is 59.0 Å². The molecule has 4 rings (SSSR count). The third kappa shape index (κ3) is 5.57. The number of thioether (sulfide) groups is 1. The van der Waals surface area contributed by atoms with E-state index in [0.29, 0.717) is 16.8 Å². The monoisotopic (exact) mass is 446 g/mol. The van der Waals surface area contributed by atoms with Crippen molar-refractivity contribution < 1.29 is 4.79 Å². The maximum atomic E-state index is 13.3. The molecule has 0 saturated carbocycles. The Morgan fingerprint density at radius 3 is 2.26 bits per heavy atom. The van der Waals surface area contributed by atoms with E-state index >= 15 is 0 Å². The Morgan fingerprint density at radius 2 is 1.58 bits per heavy atom. The van der Waals surface area contributed by atoms with Gasteiger partial charge in [-0.2, -0.15) is 0 Å². The second kappa shape index (κ2) is 9.85. The molecule has 7 heteroatoms. The molecule has 0 radical (unpaired) electrons. The number of hydrogen-bond acceptors (Lipinski definition) is 6. The first-order valence-electron chi connectivity index (χ1n) is 9.89. The summed E-state index contributed by atoms with van der Waals surface area (Å²) >= 11 is 2.84. The third-order valence-corrected chi connectivity index (χ3v) is 6.26. The molecule has 0 spiro atoms. The van der Waals surface area contributed by atoms with Crippen molar-refractivity contribution in [3.05, 3.63) is 89.1 Å². The number of rotatable bonds is 7. The van der Waals surface area contributed by atoms with Crippen molar-refractivity contribution in [2.24, 2.45) is 0 Å². The highest BCUT2D eigenvalue weighted by atomic mass is 32.2. The van der Waals surface area contributed by atoms with Crippen molar-refractivity contribution in [3.8, 4) is 11.3 Å². The number of anilines is 1. The molecule has 0 aliphatic heterocycles. The Kier molecular flexibility index (Phi) is 6.74. The van der Waals surface area contributed by atoms with Crippen LogP contribution in [0.1, 0.15) is 17.0 Å². The number of aryl methyl sites for hydroxylation is 2. The van der Waals surface area contributed by atoms with E-state index in [0.717, 1.165) is 28.2 Å². The van der Waals surface area contributed by atoms with E-state index in [-0.39, 0.29) is 11.7 Å². The summed E-state index contributed by atoms with van der Waals surface area (Å²) in [6, 6.07) is 21.9. The van der Waals surface area contributed by atoms with Crippen molar-refractivity contribution in [2.75, 3.05) is 10.7 Å². The Bertz CT molecular complexity index is 1140. The van der Waals surface area contributed by atoms with Gasteiger partial charge in [0, 0.05) is 22.3 Å². The van der Waals surface area contributed by atoms with Crippen LogP contribution in [0.25, 0.3) is 11.3 Å². The first-order chi connectivity index (χ1) is 15.1. The normalized spacial score (nSPS) is 10.8. The molecule has 0 fully saturated rings. The number of nitrogens with zero attached hydrogens (tertiary/aromatic N) is 4. The van der Waals surface area contributed by atoms with Gasteiger partial charge in [-0.15, -0.1) is 11.3 Å². The van der Waals surface area contributed by atoms with E-state index in [1.54, 1.807) is 4.90 Å². The standard InChI is InChI=1S/C24H22N4OS2/c1-17-13-18(2)26-23(25-17)30-16-22(29)28(14-19-9-5-3-6-10-19)24-27-21(15-31-24)20-11-7-4-8-12-20/h3-13,15H,14,16H2,1-2H3. The summed E-state index contributed by atoms with van der Waals surface area (Å²) in [5.74, 6) is 0.223. The summed E-state index contributed by atoms with van der Waals surface area (Å²) in [7, 11) is 0. The number of hydrogen-bond donors (Lipinski definition) is 0. The zero-order valence-corrected chi connectivity index (χ0v) is 19.0. The fourth-order valence-corrected chi connectivity index (χ4v) is 4.80. The lowest BCUT2D eigenvalue weighted by Gasteiger charge is -2.20. The van der Waals surface area contributed by atoms with Gasteiger partial charge in [-0.1, -0.05) is 72.4 Å². The van der Waals surface area contributed by atoms with Crippen molar-refractivity contribution in [1.29, 1.82) is 0 Å². The van der Waals surface area contributed by atoms with Crippen molar-refractivity contribution in [1.82, 2.24) is 15.0 Å². The smallest absolute Gasteiger partial charge is 0.239 e. The minimum Gasteiger partial charge on any atom is -0.283 e. The number of carbonyl (C=O) groups is 1. The number of aromatic nitrogens is 3. The summed E-state index contributed by atoms with van der Waals surface area (Å²) in [5, 5.41) is 3.31. The summed E-state index contributed by atoms with van der Waals surface area (Å²) in [6.45, 7) is 4.33. The quantitative estimate of drug-likeness (QED) is 0.275. The molecule has 0 saturated heterocycles. The van der Waals surface area contributed by atoms with Crippen LogP contribution < -0.4 is 4.90 Å². The predicted molar refractivity (Wildman–Crippen MR) is 127 cm³/mol. The third-order valence-electron chi connectivity index (χ3n) is 4.56. The van der Waals surface area contributed by atoms with Crippen LogP contribution in [0.2, 0.25) is 0 Å². The lowest BCUT2D eigenvalue weighted by molar-refractivity contribution is -0.116. The largest absolute Gasteiger partial charge is 0.283 e. The van der Waals surface area contributed by atoms with Gasteiger partial charge in [-0.25, -0.2) is 15.0 Å². The Hall–Kier alpha value is -3.03. The molecule has 0 bridgehead atoms. The van der Waals surface area contributed by atoms with E-state index in [4.69, 9.17) is 4.98 Å². The summed E-state index contributed by atoms with van der Waals surface area (Å²) < 4.78 is 0. The average Bonchev–Trinajstić information content (AvgIpc) is 3.26. The molecule has 2 aromatic heterocycles. The highest BCUT2D eigenvalue weighted by Crippen LogP contribution is 2.29. The van der Waals surface area contributed by atoms with Crippen LogP contribution in [0.3, 0.4) is 0 Å². The van der Waals surface area contributed by atoms with Gasteiger partial charge >= 0.3 is 0 Å². The minimum absolute atomic E-state index is 0.0226. The van der Waals surface area contributed by atoms with Crippen molar-refractivity contribution >= 4 is 34.1 Å². The predicted octanol–water partition coefficient (Wildman–Crippen LogP) is 5.54. The molecular formula is C24H22N4OS2. The van der Waals surface area contributed by atoms with Crippen molar-refractivity contribution in [3.63, 3.8) is 0 Å². The van der Waals surface area contributed by atoms with Gasteiger partial charge in [0.05, 0.1) is 18.0 Å². The van der Waals surface area contributed by atoms with Gasteiger partial charge in [0.25, 0.3) is 0 Å². The van der Waals surface area contributed by atoms with Gasteiger partial charge < -0.3 is 0 Å². The molecule has 5 nitrogen and oxygen atoms in total. The Labute approximate surface area is 190 Å². The van der Waals surface area contributed by atoms with Gasteiger partial charge in [-0.3, -0.25) is 9.69 Å². The van der Waals surface area contributed by atoms with Gasteiger partial charge in [0.1, 0.15) is 0 Å². The molecule has 0 aliphatic rings. The second-order valence-electron chi connectivity index (χ2n) is 7.07. The van der Waals surface area contributed by atoms with Gasteiger partial charge in [0.15, 0.2) is 10.3 Å². The van der Waals surface area contributed by atoms with Crippen LogP contribution in [-0.4, -0.2) is 26.6 Å². The minimum atomic E-state index is -0.0226. The number of benzene rings is 2. The molecule has 2 aromatic carbocycles. The Balaban J connectivity index is 1.57. The van der Waals surface area contributed by atoms with E-state index in [2.05, 4.69) is 9.97 Å². The molecule has 0 atom stereocenters. The molecular weight excluding hydrogens is 424 g/mol. The number of thiazole rings is 1. The zero-order valence-electron chi connectivity index (χ0n) is 17.4. The van der Waals surface area contributed by atoms with Crippen LogP contribution in [0.15, 0.2) is 77.3 Å². The Morgan fingerprint density at radius 1 is 0.935 bits per heavy atom. The van der Waals surface area contributed by atoms with Crippen molar-refractivity contribution in [2.45, 2.75) is 25.5 Å². The van der Waals surface area contributed by atoms with Crippen LogP contribution in [0, 0.1) is 13.8 Å². The second-order valence-corrected chi connectivity index (χ2v) is 8.85. The highest BCUT2D eigenvalue weighted by molar-refractivity contribution is 7.99. The van der Waals surface area contributed by atoms with Crippen LogP contribution in [-0.2, 0) is 11.3 Å². The van der Waals surface area contributed by atoms with Crippen LogP contribution >= 0.6 is 23.1 Å². The molecule has 4 aromatic rings. The summed E-state index contributed by atoms with van der Waals surface area (Å²) in [6.07, 6.45) is 0. The summed E-state index contributed by atoms with van der Waals surface area (Å²) in [4.78, 5) is 28.6. The van der Waals surface area contributed by atoms with Crippen LogP contribution in [0.5, 0.6) is 0 Å². The molecule has 1 amide bonds. The zero-order chi connectivity index (χ0) is 21.6. The molecule has 0 unspecified atom stereocenters. The van der Waals surface area contributed by atoms with Crippen LogP contribution in [0.4, 0.5) is 5.13 Å². The highest BCUT2D eigenvalue weighted by Gasteiger charge is 2.21. The number of amides is 1. The molecule has 0 N–H and O–H groups in total. The molecule has 0 aliphatic carbocycles. The molecule has 156 valence electrons. The fourth-order valence-electron chi connectivity index (χ4n) is 3.12. The summed E-state index contributed by atoms with van der Waals surface area (Å²) in [5.41, 5.74) is 4.76. The molecule has 2 heterocycles. The van der Waals surface area contributed by atoms with Gasteiger partial charge in [-0.05, 0) is 25.5 Å². The number of carbonyl (C=O) groups excluding carboxylic acids is 1. The molecule has 31 heavy (non-hydrogen) atoms. The maximum absolute atomic E-state index is 13.3. The van der Waals surface area contributed by atoms with Gasteiger partial charge in [0.2, 0.25) is 5.91 Å². The first kappa shape index (κ1) is 21.2. The van der Waals surface area contributed by atoms with E-state index in [1.807, 2.05) is 86.0 Å². The fraction of sp³-hybridized carbons (Fsp3) is 0.167.